The van der Waals surface area contributed by atoms with E-state index in [1.54, 1.807) is 18.2 Å². The third-order valence-electron chi connectivity index (χ3n) is 3.14. The zero-order valence-corrected chi connectivity index (χ0v) is 14.4. The Kier molecular flexibility index (Phi) is 7.81. The maximum absolute atomic E-state index is 12.1. The number of rotatable bonds is 10. The molecule has 140 valence electrons. The number of carbonyl (C=O) groups excluding carboxylic acids is 1. The lowest BCUT2D eigenvalue weighted by Gasteiger charge is -2.23. The molecule has 0 aliphatic heterocycles. The van der Waals surface area contributed by atoms with E-state index in [9.17, 15) is 19.5 Å². The number of aromatic nitrogens is 1. The first-order valence-corrected chi connectivity index (χ1v) is 7.77. The van der Waals surface area contributed by atoms with Crippen LogP contribution in [0.25, 0.3) is 0 Å². The second kappa shape index (κ2) is 9.59. The number of ether oxygens (including phenoxy) is 1. The number of carboxylic acids is 2. The van der Waals surface area contributed by atoms with E-state index in [4.69, 9.17) is 27.2 Å². The third kappa shape index (κ3) is 6.22. The zero-order chi connectivity index (χ0) is 19.7. The van der Waals surface area contributed by atoms with E-state index >= 15 is 0 Å². The van der Waals surface area contributed by atoms with Crippen molar-refractivity contribution in [3.8, 4) is 0 Å². The first-order valence-electron chi connectivity index (χ1n) is 7.36. The van der Waals surface area contributed by atoms with Gasteiger partial charge in [0.15, 0.2) is 11.7 Å². The number of carboxylic acid groups (broad SMARTS) is 2. The number of hydrogen-bond acceptors (Lipinski definition) is 7. The van der Waals surface area contributed by atoms with Crippen LogP contribution >= 0.6 is 12.2 Å². The van der Waals surface area contributed by atoms with E-state index in [2.05, 4.69) is 16.9 Å². The van der Waals surface area contributed by atoms with E-state index < -0.39 is 42.5 Å². The van der Waals surface area contributed by atoms with Gasteiger partial charge in [-0.3, -0.25) is 14.6 Å². The lowest BCUT2D eigenvalue weighted by Crippen LogP contribution is -2.43. The van der Waals surface area contributed by atoms with Gasteiger partial charge in [-0.15, -0.1) is 6.58 Å². The van der Waals surface area contributed by atoms with Gasteiger partial charge in [0.2, 0.25) is 0 Å². The molecule has 1 aromatic rings. The predicted molar refractivity (Wildman–Crippen MR) is 93.3 cm³/mol. The smallest absolute Gasteiger partial charge is 0.336 e. The van der Waals surface area contributed by atoms with E-state index in [1.165, 1.54) is 12.3 Å². The molecule has 0 spiro atoms. The standard InChI is InChI=1S/C16H18N2O7S/c1-2-6-18-14(26)13(10-5-3-4-7-17-10)25-12(21)9-16(24,15(22)23)8-11(19)20/h2-5,7,13,24H,1,6,8-9H2,(H,18,26)(H,19,20)(H,22,23). The summed E-state index contributed by atoms with van der Waals surface area (Å²) in [5.74, 6) is -4.57. The van der Waals surface area contributed by atoms with Crippen LogP contribution in [0.4, 0.5) is 0 Å². The average molecular weight is 382 g/mol. The molecule has 1 aromatic heterocycles. The van der Waals surface area contributed by atoms with E-state index in [1.807, 2.05) is 0 Å². The van der Waals surface area contributed by atoms with Gasteiger partial charge in [-0.25, -0.2) is 4.79 Å². The van der Waals surface area contributed by atoms with E-state index in [-0.39, 0.29) is 17.2 Å². The summed E-state index contributed by atoms with van der Waals surface area (Å²) in [6, 6.07) is 4.82. The maximum atomic E-state index is 12.1. The molecule has 0 radical (unpaired) electrons. The molecule has 2 atom stereocenters. The second-order valence-electron chi connectivity index (χ2n) is 5.24. The van der Waals surface area contributed by atoms with Gasteiger partial charge in [0.1, 0.15) is 4.99 Å². The molecule has 0 aromatic carbocycles. The highest BCUT2D eigenvalue weighted by atomic mass is 32.1. The highest BCUT2D eigenvalue weighted by molar-refractivity contribution is 7.80. The molecule has 0 saturated heterocycles. The largest absolute Gasteiger partial charge is 0.481 e. The highest BCUT2D eigenvalue weighted by Crippen LogP contribution is 2.22. The van der Waals surface area contributed by atoms with Crippen molar-refractivity contribution in [2.24, 2.45) is 0 Å². The number of aliphatic hydroxyl groups is 1. The summed E-state index contributed by atoms with van der Waals surface area (Å²) in [6.07, 6.45) is -0.391. The molecule has 10 heteroatoms. The molecule has 4 N–H and O–H groups in total. The minimum atomic E-state index is -2.80. The molecule has 0 saturated carbocycles. The minimum Gasteiger partial charge on any atom is -0.481 e. The molecule has 0 aliphatic rings. The van der Waals surface area contributed by atoms with Crippen molar-refractivity contribution in [1.29, 1.82) is 0 Å². The first kappa shape index (κ1) is 21.2. The Bertz CT molecular complexity index is 695. The van der Waals surface area contributed by atoms with Crippen molar-refractivity contribution in [3.05, 3.63) is 42.7 Å². The predicted octanol–water partition coefficient (Wildman–Crippen LogP) is 0.449. The zero-order valence-electron chi connectivity index (χ0n) is 13.6. The summed E-state index contributed by atoms with van der Waals surface area (Å²) in [5, 5.41) is 30.5. The van der Waals surface area contributed by atoms with Gasteiger partial charge < -0.3 is 25.4 Å². The van der Waals surface area contributed by atoms with Crippen molar-refractivity contribution in [1.82, 2.24) is 10.3 Å². The lowest BCUT2D eigenvalue weighted by molar-refractivity contribution is -0.172. The first-order chi connectivity index (χ1) is 12.2. The van der Waals surface area contributed by atoms with Gasteiger partial charge >= 0.3 is 17.9 Å². The summed E-state index contributed by atoms with van der Waals surface area (Å²) in [6.45, 7) is 3.81. The van der Waals surface area contributed by atoms with Crippen molar-refractivity contribution in [2.45, 2.75) is 24.5 Å². The molecule has 2 unspecified atom stereocenters. The Balaban J connectivity index is 2.97. The fourth-order valence-corrected chi connectivity index (χ4v) is 2.17. The molecule has 0 aliphatic carbocycles. The lowest BCUT2D eigenvalue weighted by atomic mass is 9.96. The number of hydrogen-bond donors (Lipinski definition) is 4. The summed E-state index contributed by atoms with van der Waals surface area (Å²) in [4.78, 5) is 38.1. The van der Waals surface area contributed by atoms with Gasteiger partial charge in [-0.05, 0) is 12.1 Å². The Hall–Kier alpha value is -2.85. The normalized spacial score (nSPS) is 13.7. The molecular weight excluding hydrogens is 364 g/mol. The Labute approximate surface area is 154 Å². The number of thiocarbonyl (C=S) groups is 1. The van der Waals surface area contributed by atoms with Crippen molar-refractivity contribution in [3.63, 3.8) is 0 Å². The quantitative estimate of drug-likeness (QED) is 0.255. The summed E-state index contributed by atoms with van der Waals surface area (Å²) in [5.41, 5.74) is -2.52. The van der Waals surface area contributed by atoms with Gasteiger partial charge in [0.05, 0.1) is 18.5 Å². The van der Waals surface area contributed by atoms with Crippen LogP contribution in [-0.2, 0) is 19.1 Å². The topological polar surface area (TPSA) is 146 Å². The number of nitrogens with one attached hydrogen (secondary N) is 1. The molecule has 1 rings (SSSR count). The van der Waals surface area contributed by atoms with Crippen LogP contribution in [-0.4, -0.2) is 55.3 Å². The van der Waals surface area contributed by atoms with Crippen LogP contribution in [0.1, 0.15) is 24.6 Å². The fraction of sp³-hybridized carbons (Fsp3) is 0.312. The van der Waals surface area contributed by atoms with E-state index in [0.29, 0.717) is 0 Å². The number of esters is 1. The van der Waals surface area contributed by atoms with Crippen LogP contribution in [0.3, 0.4) is 0 Å². The van der Waals surface area contributed by atoms with Gasteiger partial charge in [0, 0.05) is 12.7 Å². The van der Waals surface area contributed by atoms with Crippen molar-refractivity contribution >= 4 is 35.1 Å². The number of pyridine rings is 1. The molecule has 9 nitrogen and oxygen atoms in total. The van der Waals surface area contributed by atoms with Crippen LogP contribution < -0.4 is 5.32 Å². The summed E-state index contributed by atoms with van der Waals surface area (Å²) in [7, 11) is 0. The number of nitrogens with zero attached hydrogens (tertiary/aromatic N) is 1. The second-order valence-corrected chi connectivity index (χ2v) is 5.68. The average Bonchev–Trinajstić information content (AvgIpc) is 2.57. The van der Waals surface area contributed by atoms with Crippen molar-refractivity contribution in [2.75, 3.05) is 6.54 Å². The Morgan fingerprint density at radius 2 is 2.04 bits per heavy atom. The number of carbonyl (C=O) groups is 3. The van der Waals surface area contributed by atoms with Crippen LogP contribution in [0.15, 0.2) is 37.1 Å². The molecule has 0 bridgehead atoms. The molecule has 26 heavy (non-hydrogen) atoms. The third-order valence-corrected chi connectivity index (χ3v) is 3.50. The monoisotopic (exact) mass is 382 g/mol. The van der Waals surface area contributed by atoms with Crippen LogP contribution in [0.5, 0.6) is 0 Å². The van der Waals surface area contributed by atoms with Gasteiger partial charge in [-0.1, -0.05) is 24.4 Å². The van der Waals surface area contributed by atoms with E-state index in [0.717, 1.165) is 0 Å². The minimum absolute atomic E-state index is 0.0917. The highest BCUT2D eigenvalue weighted by Gasteiger charge is 2.42. The SMILES string of the molecule is C=CCNC(=S)C(OC(=O)CC(O)(CC(=O)O)C(=O)O)c1ccccn1. The Morgan fingerprint density at radius 1 is 1.35 bits per heavy atom. The fourth-order valence-electron chi connectivity index (χ4n) is 1.92. The van der Waals surface area contributed by atoms with Gasteiger partial charge in [-0.2, -0.15) is 0 Å². The van der Waals surface area contributed by atoms with Crippen LogP contribution in [0, 0.1) is 0 Å². The van der Waals surface area contributed by atoms with Crippen molar-refractivity contribution < 1.29 is 34.4 Å². The summed E-state index contributed by atoms with van der Waals surface area (Å²) >= 11 is 5.16. The van der Waals surface area contributed by atoms with Gasteiger partial charge in [0.25, 0.3) is 0 Å². The molecule has 0 fully saturated rings. The number of aliphatic carboxylic acids is 2. The Morgan fingerprint density at radius 3 is 2.54 bits per heavy atom. The maximum Gasteiger partial charge on any atom is 0.336 e. The molecule has 1 heterocycles. The molecular formula is C16H18N2O7S. The van der Waals surface area contributed by atoms with Crippen LogP contribution in [0.2, 0.25) is 0 Å². The summed E-state index contributed by atoms with van der Waals surface area (Å²) < 4.78 is 5.17. The molecule has 0 amide bonds.